The van der Waals surface area contributed by atoms with E-state index in [0.29, 0.717) is 16.2 Å². The van der Waals surface area contributed by atoms with E-state index in [1.165, 1.54) is 0 Å². The van der Waals surface area contributed by atoms with Crippen molar-refractivity contribution >= 4 is 23.3 Å². The van der Waals surface area contributed by atoms with Gasteiger partial charge in [-0.3, -0.25) is 4.79 Å². The summed E-state index contributed by atoms with van der Waals surface area (Å²) in [5.41, 5.74) is 1.98. The van der Waals surface area contributed by atoms with Crippen LogP contribution in [0.25, 0.3) is 0 Å². The van der Waals surface area contributed by atoms with E-state index in [2.05, 4.69) is 0 Å². The van der Waals surface area contributed by atoms with Crippen LogP contribution < -0.4 is 10.6 Å². The van der Waals surface area contributed by atoms with E-state index >= 15 is 0 Å². The van der Waals surface area contributed by atoms with Crippen LogP contribution in [0.1, 0.15) is 35.3 Å². The second kappa shape index (κ2) is 8.78. The Morgan fingerprint density at radius 3 is 1.42 bits per heavy atom. The summed E-state index contributed by atoms with van der Waals surface area (Å²) in [7, 11) is -3.43. The fourth-order valence-electron chi connectivity index (χ4n) is 2.97. The zero-order valence-corrected chi connectivity index (χ0v) is 16.7. The van der Waals surface area contributed by atoms with Crippen molar-refractivity contribution in [2.45, 2.75) is 27.7 Å². The normalized spacial score (nSPS) is 10.6. The Kier molecular flexibility index (Phi) is 6.71. The van der Waals surface area contributed by atoms with Gasteiger partial charge in [-0.05, 0) is 25.0 Å². The molecule has 0 aliphatic carbocycles. The highest BCUT2D eigenvalue weighted by Gasteiger charge is 2.37. The molecule has 0 fully saturated rings. The molecular weight excluding hydrogens is 339 g/mol. The molecule has 0 radical (unpaired) electrons. The lowest BCUT2D eigenvalue weighted by Crippen LogP contribution is -2.23. The molecule has 0 unspecified atom stereocenters. The first-order valence-corrected chi connectivity index (χ1v) is 10.6. The standard InChI is InChI=1S/C21H19O2P.C2H6/c1-16-10-9-11-17(2)20(16)21(22)24(23,18-12-5-3-6-13-18)19-14-7-4-8-15-19;1-2/h3-15H,1-2H3;1-2H3. The molecule has 0 aliphatic rings. The van der Waals surface area contributed by atoms with E-state index in [-0.39, 0.29) is 5.52 Å². The molecule has 0 saturated carbocycles. The van der Waals surface area contributed by atoms with Gasteiger partial charge in [0, 0.05) is 16.2 Å². The van der Waals surface area contributed by atoms with Gasteiger partial charge >= 0.3 is 0 Å². The summed E-state index contributed by atoms with van der Waals surface area (Å²) in [5.74, 6) is 0. The maximum Gasteiger partial charge on any atom is 0.230 e. The van der Waals surface area contributed by atoms with E-state index in [9.17, 15) is 9.36 Å². The summed E-state index contributed by atoms with van der Waals surface area (Å²) in [4.78, 5) is 13.4. The zero-order chi connectivity index (χ0) is 19.2. The number of benzene rings is 3. The van der Waals surface area contributed by atoms with E-state index in [0.717, 1.165) is 11.1 Å². The molecule has 0 heterocycles. The van der Waals surface area contributed by atoms with Gasteiger partial charge in [0.05, 0.1) is 0 Å². The molecule has 0 spiro atoms. The lowest BCUT2D eigenvalue weighted by atomic mass is 10.0. The average Bonchev–Trinajstić information content (AvgIpc) is 2.70. The van der Waals surface area contributed by atoms with Gasteiger partial charge in [0.25, 0.3) is 0 Å². The molecule has 26 heavy (non-hydrogen) atoms. The van der Waals surface area contributed by atoms with Gasteiger partial charge in [0.2, 0.25) is 12.7 Å². The van der Waals surface area contributed by atoms with Gasteiger partial charge in [-0.25, -0.2) is 0 Å². The van der Waals surface area contributed by atoms with E-state index in [1.807, 2.05) is 82.3 Å². The predicted molar refractivity (Wildman–Crippen MR) is 111 cm³/mol. The van der Waals surface area contributed by atoms with Crippen molar-refractivity contribution in [2.75, 3.05) is 0 Å². The molecule has 3 aromatic carbocycles. The van der Waals surface area contributed by atoms with Crippen molar-refractivity contribution in [1.29, 1.82) is 0 Å². The van der Waals surface area contributed by atoms with Crippen molar-refractivity contribution < 1.29 is 9.36 Å². The molecule has 0 saturated heterocycles. The Bertz CT molecular complexity index is 852. The number of hydrogen-bond donors (Lipinski definition) is 0. The molecule has 0 aromatic heterocycles. The molecule has 0 bridgehead atoms. The van der Waals surface area contributed by atoms with Gasteiger partial charge in [-0.2, -0.15) is 0 Å². The molecule has 0 atom stereocenters. The van der Waals surface area contributed by atoms with Gasteiger partial charge in [0.15, 0.2) is 0 Å². The molecule has 134 valence electrons. The summed E-state index contributed by atoms with van der Waals surface area (Å²) >= 11 is 0. The lowest BCUT2D eigenvalue weighted by molar-refractivity contribution is 0.107. The van der Waals surface area contributed by atoms with Crippen LogP contribution in [-0.2, 0) is 4.57 Å². The van der Waals surface area contributed by atoms with Crippen LogP contribution in [0.15, 0.2) is 78.9 Å². The van der Waals surface area contributed by atoms with Gasteiger partial charge < -0.3 is 4.57 Å². The van der Waals surface area contributed by atoms with Gasteiger partial charge in [-0.1, -0.05) is 92.7 Å². The van der Waals surface area contributed by atoms with Crippen LogP contribution in [0.4, 0.5) is 0 Å². The Morgan fingerprint density at radius 1 is 0.654 bits per heavy atom. The summed E-state index contributed by atoms with van der Waals surface area (Å²) in [6.45, 7) is 7.78. The first-order valence-electron chi connectivity index (χ1n) is 8.87. The number of rotatable bonds is 4. The largest absolute Gasteiger partial charge is 0.305 e. The maximum absolute atomic E-state index is 14.1. The summed E-state index contributed by atoms with van der Waals surface area (Å²) in [6, 6.07) is 23.8. The minimum absolute atomic E-state index is 0.296. The summed E-state index contributed by atoms with van der Waals surface area (Å²) in [6.07, 6.45) is 0. The summed E-state index contributed by atoms with van der Waals surface area (Å²) < 4.78 is 14.1. The second-order valence-corrected chi connectivity index (χ2v) is 8.51. The number of hydrogen-bond acceptors (Lipinski definition) is 2. The number of carbonyl (C=O) groups is 1. The first-order chi connectivity index (χ1) is 12.5. The molecular formula is C23H25O2P. The second-order valence-electron chi connectivity index (χ2n) is 5.85. The third kappa shape index (κ3) is 3.71. The third-order valence-corrected chi connectivity index (χ3v) is 7.07. The van der Waals surface area contributed by atoms with Gasteiger partial charge in [-0.15, -0.1) is 0 Å². The van der Waals surface area contributed by atoms with Crippen molar-refractivity contribution in [3.63, 3.8) is 0 Å². The van der Waals surface area contributed by atoms with Crippen molar-refractivity contribution in [3.05, 3.63) is 95.6 Å². The molecule has 0 N–H and O–H groups in total. The zero-order valence-electron chi connectivity index (χ0n) is 15.8. The predicted octanol–water partition coefficient (Wildman–Crippen LogP) is 5.48. The Labute approximate surface area is 156 Å². The number of aryl methyl sites for hydroxylation is 2. The van der Waals surface area contributed by atoms with Crippen molar-refractivity contribution in [1.82, 2.24) is 0 Å². The Morgan fingerprint density at radius 2 is 1.04 bits per heavy atom. The topological polar surface area (TPSA) is 34.1 Å². The molecule has 3 heteroatoms. The maximum atomic E-state index is 14.1. The molecule has 2 nitrogen and oxygen atoms in total. The minimum Gasteiger partial charge on any atom is -0.305 e. The fourth-order valence-corrected chi connectivity index (χ4v) is 5.59. The lowest BCUT2D eigenvalue weighted by Gasteiger charge is -2.20. The smallest absolute Gasteiger partial charge is 0.230 e. The average molecular weight is 364 g/mol. The van der Waals surface area contributed by atoms with Crippen LogP contribution in [0.2, 0.25) is 0 Å². The van der Waals surface area contributed by atoms with Crippen LogP contribution >= 0.6 is 7.14 Å². The summed E-state index contributed by atoms with van der Waals surface area (Å²) in [5, 5.41) is 1.15. The third-order valence-electron chi connectivity index (χ3n) is 4.22. The van der Waals surface area contributed by atoms with E-state index in [4.69, 9.17) is 0 Å². The monoisotopic (exact) mass is 364 g/mol. The highest BCUT2D eigenvalue weighted by molar-refractivity contribution is 7.93. The SMILES string of the molecule is CC.Cc1cccc(C)c1C(=O)P(=O)(c1ccccc1)c1ccccc1. The van der Waals surface area contributed by atoms with E-state index in [1.54, 1.807) is 24.3 Å². The Balaban J connectivity index is 0.00000117. The molecule has 3 rings (SSSR count). The van der Waals surface area contributed by atoms with E-state index < -0.39 is 7.14 Å². The molecule has 3 aromatic rings. The minimum atomic E-state index is -3.43. The van der Waals surface area contributed by atoms with Crippen LogP contribution in [0.5, 0.6) is 0 Å². The molecule has 0 aliphatic heterocycles. The van der Waals surface area contributed by atoms with Gasteiger partial charge in [0.1, 0.15) is 0 Å². The molecule has 0 amide bonds. The van der Waals surface area contributed by atoms with Crippen LogP contribution in [-0.4, -0.2) is 5.52 Å². The number of carbonyl (C=O) groups excluding carboxylic acids is 1. The fraction of sp³-hybridized carbons (Fsp3) is 0.174. The van der Waals surface area contributed by atoms with Crippen LogP contribution in [0.3, 0.4) is 0 Å². The van der Waals surface area contributed by atoms with Crippen molar-refractivity contribution in [3.8, 4) is 0 Å². The Hall–Kier alpha value is -2.44. The highest BCUT2D eigenvalue weighted by Crippen LogP contribution is 2.47. The first kappa shape index (κ1) is 19.9. The van der Waals surface area contributed by atoms with Crippen molar-refractivity contribution in [2.24, 2.45) is 0 Å². The highest BCUT2D eigenvalue weighted by atomic mass is 31.2. The van der Waals surface area contributed by atoms with Crippen LogP contribution in [0, 0.1) is 13.8 Å². The quantitative estimate of drug-likeness (QED) is 0.574.